The summed E-state index contributed by atoms with van der Waals surface area (Å²) in [5.74, 6) is 0. The van der Waals surface area contributed by atoms with Crippen LogP contribution in [0.3, 0.4) is 0 Å². The van der Waals surface area contributed by atoms with Gasteiger partial charge in [-0.3, -0.25) is 0 Å². The summed E-state index contributed by atoms with van der Waals surface area (Å²) in [6.45, 7) is 8.49. The Morgan fingerprint density at radius 1 is 1.64 bits per heavy atom. The molecule has 1 aliphatic carbocycles. The van der Waals surface area contributed by atoms with Crippen molar-refractivity contribution in [3.63, 3.8) is 0 Å². The van der Waals surface area contributed by atoms with E-state index in [0.29, 0.717) is 0 Å². The summed E-state index contributed by atoms with van der Waals surface area (Å²) in [6, 6.07) is 0. The van der Waals surface area contributed by atoms with E-state index in [4.69, 9.17) is 0 Å². The first-order valence-electron chi connectivity index (χ1n) is 4.04. The first-order valence-corrected chi connectivity index (χ1v) is 6.61. The second kappa shape index (κ2) is 3.72. The highest BCUT2D eigenvalue weighted by atomic mass is 28.3. The minimum absolute atomic E-state index is 0.185. The third-order valence-electron chi connectivity index (χ3n) is 2.02. The Balaban J connectivity index is 2.61. The number of allylic oxidation sites excluding steroid dienone is 5. The molecule has 0 saturated carbocycles. The Bertz CT molecular complexity index is 199. The van der Waals surface area contributed by atoms with Gasteiger partial charge in [0.2, 0.25) is 0 Å². The maximum atomic E-state index is 3.76. The molecule has 0 fully saturated rings. The molecule has 0 aliphatic heterocycles. The first-order chi connectivity index (χ1) is 5.25. The first kappa shape index (κ1) is 8.53. The monoisotopic (exact) mass is 163 g/mol. The minimum atomic E-state index is -0.185. The third-order valence-corrected chi connectivity index (χ3v) is 3.82. The number of rotatable bonds is 3. The van der Waals surface area contributed by atoms with Crippen LogP contribution in [0.25, 0.3) is 0 Å². The lowest BCUT2D eigenvalue weighted by atomic mass is 10.1. The van der Waals surface area contributed by atoms with Crippen molar-refractivity contribution in [2.45, 2.75) is 25.1 Å². The van der Waals surface area contributed by atoms with Gasteiger partial charge in [0.05, 0.1) is 8.80 Å². The largest absolute Gasteiger partial charge is 0.103 e. The molecule has 0 bridgehead atoms. The molecular formula is C10H15Si. The highest BCUT2D eigenvalue weighted by Gasteiger charge is 2.17. The summed E-state index contributed by atoms with van der Waals surface area (Å²) in [4.78, 5) is 0. The predicted molar refractivity (Wildman–Crippen MR) is 53.3 cm³/mol. The van der Waals surface area contributed by atoms with Crippen LogP contribution in [0.2, 0.25) is 18.6 Å². The molecule has 0 aromatic heterocycles. The van der Waals surface area contributed by atoms with Gasteiger partial charge in [-0.05, 0) is 12.0 Å². The van der Waals surface area contributed by atoms with Crippen LogP contribution < -0.4 is 0 Å². The maximum absolute atomic E-state index is 3.76. The molecule has 1 unspecified atom stereocenters. The van der Waals surface area contributed by atoms with Gasteiger partial charge < -0.3 is 0 Å². The van der Waals surface area contributed by atoms with Crippen molar-refractivity contribution in [2.24, 2.45) is 0 Å². The maximum Gasteiger partial charge on any atom is 0.0543 e. The van der Waals surface area contributed by atoms with E-state index in [-0.39, 0.29) is 8.80 Å². The number of hydrogen-bond donors (Lipinski definition) is 0. The van der Waals surface area contributed by atoms with Crippen LogP contribution >= 0.6 is 0 Å². The summed E-state index contributed by atoms with van der Waals surface area (Å²) in [5, 5.41) is 0. The van der Waals surface area contributed by atoms with Crippen molar-refractivity contribution >= 4 is 8.80 Å². The average Bonchev–Trinajstić information content (AvgIpc) is 2.36. The molecule has 1 atom stereocenters. The van der Waals surface area contributed by atoms with Gasteiger partial charge in [0, 0.05) is 0 Å². The minimum Gasteiger partial charge on any atom is -0.103 e. The van der Waals surface area contributed by atoms with E-state index in [9.17, 15) is 0 Å². The molecular weight excluding hydrogens is 148 g/mol. The van der Waals surface area contributed by atoms with Crippen molar-refractivity contribution in [2.75, 3.05) is 0 Å². The lowest BCUT2D eigenvalue weighted by Gasteiger charge is -2.14. The highest BCUT2D eigenvalue weighted by Crippen LogP contribution is 2.30. The lowest BCUT2D eigenvalue weighted by molar-refractivity contribution is 1.11. The molecule has 1 rings (SSSR count). The van der Waals surface area contributed by atoms with Gasteiger partial charge >= 0.3 is 0 Å². The summed E-state index contributed by atoms with van der Waals surface area (Å²) in [6.07, 6.45) is 9.81. The van der Waals surface area contributed by atoms with Crippen LogP contribution in [0, 0.1) is 0 Å². The second-order valence-corrected chi connectivity index (χ2v) is 5.95. The summed E-state index contributed by atoms with van der Waals surface area (Å²) in [5.41, 5.74) is 2.32. The van der Waals surface area contributed by atoms with Crippen LogP contribution in [0.1, 0.15) is 6.42 Å². The van der Waals surface area contributed by atoms with Crippen LogP contribution in [0.15, 0.2) is 36.5 Å². The summed E-state index contributed by atoms with van der Waals surface area (Å²) >= 11 is 0. The molecule has 1 heteroatoms. The Morgan fingerprint density at radius 3 is 2.91 bits per heavy atom. The second-order valence-electron chi connectivity index (χ2n) is 3.17. The van der Waals surface area contributed by atoms with Crippen LogP contribution in [0.5, 0.6) is 0 Å². The third kappa shape index (κ3) is 1.93. The van der Waals surface area contributed by atoms with E-state index in [1.54, 1.807) is 5.57 Å². The van der Waals surface area contributed by atoms with Crippen LogP contribution in [-0.4, -0.2) is 8.80 Å². The molecule has 1 aliphatic rings. The lowest BCUT2D eigenvalue weighted by Crippen LogP contribution is -2.10. The Morgan fingerprint density at radius 2 is 2.36 bits per heavy atom. The van der Waals surface area contributed by atoms with E-state index < -0.39 is 0 Å². The van der Waals surface area contributed by atoms with Gasteiger partial charge in [0.25, 0.3) is 0 Å². The SMILES string of the molecule is C=CCC1=CC=CC1[Si](C)C. The Hall–Kier alpha value is -0.563. The van der Waals surface area contributed by atoms with Crippen molar-refractivity contribution < 1.29 is 0 Å². The topological polar surface area (TPSA) is 0 Å². The van der Waals surface area contributed by atoms with Crippen molar-refractivity contribution in [3.8, 4) is 0 Å². The van der Waals surface area contributed by atoms with E-state index in [1.807, 2.05) is 6.08 Å². The van der Waals surface area contributed by atoms with Gasteiger partial charge in [-0.25, -0.2) is 0 Å². The predicted octanol–water partition coefficient (Wildman–Crippen LogP) is 3.18. The number of hydrogen-bond acceptors (Lipinski definition) is 0. The molecule has 0 heterocycles. The van der Waals surface area contributed by atoms with Crippen LogP contribution in [-0.2, 0) is 0 Å². The zero-order valence-electron chi connectivity index (χ0n) is 7.30. The fourth-order valence-electron chi connectivity index (χ4n) is 1.44. The van der Waals surface area contributed by atoms with Gasteiger partial charge in [-0.15, -0.1) is 6.58 Å². The fourth-order valence-corrected chi connectivity index (χ4v) is 2.89. The Kier molecular flexibility index (Phi) is 2.89. The molecule has 0 nitrogen and oxygen atoms in total. The van der Waals surface area contributed by atoms with E-state index in [2.05, 4.69) is 37.9 Å². The standard InChI is InChI=1S/C10H15Si/c1-4-6-9-7-5-8-10(9)11(2)3/h4-5,7-8,10H,1,6H2,2-3H3. The molecule has 11 heavy (non-hydrogen) atoms. The molecule has 1 radical (unpaired) electrons. The molecule has 0 aromatic carbocycles. The Labute approximate surface area is 70.9 Å². The molecule has 0 saturated heterocycles. The summed E-state index contributed by atoms with van der Waals surface area (Å²) < 4.78 is 0. The smallest absolute Gasteiger partial charge is 0.0543 e. The molecule has 0 N–H and O–H groups in total. The van der Waals surface area contributed by atoms with Crippen molar-refractivity contribution in [1.82, 2.24) is 0 Å². The fraction of sp³-hybridized carbons (Fsp3) is 0.400. The van der Waals surface area contributed by atoms with E-state index >= 15 is 0 Å². The van der Waals surface area contributed by atoms with Crippen molar-refractivity contribution in [1.29, 1.82) is 0 Å². The van der Waals surface area contributed by atoms with Gasteiger partial charge in [-0.2, -0.15) is 0 Å². The van der Waals surface area contributed by atoms with E-state index in [0.717, 1.165) is 12.0 Å². The molecule has 0 amide bonds. The summed E-state index contributed by atoms with van der Waals surface area (Å²) in [7, 11) is -0.185. The quantitative estimate of drug-likeness (QED) is 0.443. The molecule has 0 spiro atoms. The average molecular weight is 163 g/mol. The molecule has 0 aromatic rings. The van der Waals surface area contributed by atoms with Crippen molar-refractivity contribution in [3.05, 3.63) is 36.5 Å². The van der Waals surface area contributed by atoms with E-state index in [1.165, 1.54) is 0 Å². The van der Waals surface area contributed by atoms with Gasteiger partial charge in [0.15, 0.2) is 0 Å². The normalized spacial score (nSPS) is 22.5. The molecule has 59 valence electrons. The van der Waals surface area contributed by atoms with Gasteiger partial charge in [-0.1, -0.05) is 43.0 Å². The zero-order chi connectivity index (χ0) is 8.27. The van der Waals surface area contributed by atoms with Crippen LogP contribution in [0.4, 0.5) is 0 Å². The zero-order valence-corrected chi connectivity index (χ0v) is 8.30. The van der Waals surface area contributed by atoms with Gasteiger partial charge in [0.1, 0.15) is 0 Å². The highest BCUT2D eigenvalue weighted by molar-refractivity contribution is 6.59.